The van der Waals surface area contributed by atoms with Crippen molar-refractivity contribution < 1.29 is 14.3 Å². The standard InChI is InChI=1S/C20H20N2O3/c1-22(2)16-12-10-15(11-13-16)7-6-14-21-19(23)17-8-4-5-9-18(17)20(24)25-3/h4-5,8-13H,14H2,1-3H3,(H,21,23). The summed E-state index contributed by atoms with van der Waals surface area (Å²) in [5, 5.41) is 2.69. The zero-order chi connectivity index (χ0) is 18.2. The van der Waals surface area contributed by atoms with Crippen LogP contribution in [0.5, 0.6) is 0 Å². The van der Waals surface area contributed by atoms with Crippen LogP contribution in [0.3, 0.4) is 0 Å². The lowest BCUT2D eigenvalue weighted by molar-refractivity contribution is 0.0596. The number of carbonyl (C=O) groups is 2. The SMILES string of the molecule is COC(=O)c1ccccc1C(=O)NCC#Cc1ccc(N(C)C)cc1. The highest BCUT2D eigenvalue weighted by Gasteiger charge is 2.16. The molecule has 5 nitrogen and oxygen atoms in total. The van der Waals surface area contributed by atoms with Gasteiger partial charge in [0, 0.05) is 25.3 Å². The van der Waals surface area contributed by atoms with Crippen LogP contribution in [-0.4, -0.2) is 39.6 Å². The van der Waals surface area contributed by atoms with Gasteiger partial charge in [0.25, 0.3) is 5.91 Å². The smallest absolute Gasteiger partial charge is 0.338 e. The lowest BCUT2D eigenvalue weighted by atomic mass is 10.1. The average molecular weight is 336 g/mol. The van der Waals surface area contributed by atoms with E-state index in [9.17, 15) is 9.59 Å². The Labute approximate surface area is 147 Å². The Bertz CT molecular complexity index is 815. The van der Waals surface area contributed by atoms with Crippen LogP contribution in [-0.2, 0) is 4.74 Å². The van der Waals surface area contributed by atoms with Crippen molar-refractivity contribution in [3.8, 4) is 11.8 Å². The van der Waals surface area contributed by atoms with E-state index in [1.807, 2.05) is 43.3 Å². The molecule has 0 saturated heterocycles. The number of rotatable bonds is 4. The second-order valence-corrected chi connectivity index (χ2v) is 5.46. The van der Waals surface area contributed by atoms with Crippen LogP contribution in [0.15, 0.2) is 48.5 Å². The highest BCUT2D eigenvalue weighted by atomic mass is 16.5. The molecule has 0 heterocycles. The molecule has 0 radical (unpaired) electrons. The molecule has 0 unspecified atom stereocenters. The molecule has 25 heavy (non-hydrogen) atoms. The quantitative estimate of drug-likeness (QED) is 0.688. The number of esters is 1. The van der Waals surface area contributed by atoms with Crippen molar-refractivity contribution in [1.82, 2.24) is 5.32 Å². The zero-order valence-corrected chi connectivity index (χ0v) is 14.5. The van der Waals surface area contributed by atoms with E-state index in [0.29, 0.717) is 0 Å². The lowest BCUT2D eigenvalue weighted by Gasteiger charge is -2.11. The molecule has 0 saturated carbocycles. The van der Waals surface area contributed by atoms with Gasteiger partial charge in [-0.25, -0.2) is 4.79 Å². The van der Waals surface area contributed by atoms with E-state index >= 15 is 0 Å². The van der Waals surface area contributed by atoms with Gasteiger partial charge in [0.1, 0.15) is 0 Å². The molecule has 0 atom stereocenters. The van der Waals surface area contributed by atoms with Crippen molar-refractivity contribution in [2.75, 3.05) is 32.6 Å². The van der Waals surface area contributed by atoms with Gasteiger partial charge in [0.05, 0.1) is 24.8 Å². The summed E-state index contributed by atoms with van der Waals surface area (Å²) < 4.78 is 4.69. The summed E-state index contributed by atoms with van der Waals surface area (Å²) in [6, 6.07) is 14.3. The third kappa shape index (κ3) is 4.85. The van der Waals surface area contributed by atoms with Crippen LogP contribution in [0.1, 0.15) is 26.3 Å². The fourth-order valence-corrected chi connectivity index (χ4v) is 2.18. The van der Waals surface area contributed by atoms with Gasteiger partial charge in [-0.15, -0.1) is 0 Å². The maximum Gasteiger partial charge on any atom is 0.338 e. The highest BCUT2D eigenvalue weighted by molar-refractivity contribution is 6.05. The number of nitrogens with zero attached hydrogens (tertiary/aromatic N) is 1. The van der Waals surface area contributed by atoms with Gasteiger partial charge in [-0.2, -0.15) is 0 Å². The number of benzene rings is 2. The fourth-order valence-electron chi connectivity index (χ4n) is 2.18. The van der Waals surface area contributed by atoms with E-state index in [-0.39, 0.29) is 23.6 Å². The van der Waals surface area contributed by atoms with Crippen molar-refractivity contribution in [2.24, 2.45) is 0 Å². The molecule has 2 aromatic rings. The number of hydrogen-bond donors (Lipinski definition) is 1. The van der Waals surface area contributed by atoms with Gasteiger partial charge >= 0.3 is 5.97 Å². The van der Waals surface area contributed by atoms with Crippen LogP contribution >= 0.6 is 0 Å². The molecule has 128 valence electrons. The number of methoxy groups -OCH3 is 1. The lowest BCUT2D eigenvalue weighted by Crippen LogP contribution is -2.25. The summed E-state index contributed by atoms with van der Waals surface area (Å²) in [6.07, 6.45) is 0. The van der Waals surface area contributed by atoms with E-state index in [1.54, 1.807) is 24.3 Å². The summed E-state index contributed by atoms with van der Waals surface area (Å²) in [4.78, 5) is 25.9. The van der Waals surface area contributed by atoms with Gasteiger partial charge in [-0.05, 0) is 36.4 Å². The second-order valence-electron chi connectivity index (χ2n) is 5.46. The molecule has 0 aliphatic heterocycles. The monoisotopic (exact) mass is 336 g/mol. The molecule has 0 fully saturated rings. The Balaban J connectivity index is 1.99. The number of carbonyl (C=O) groups excluding carboxylic acids is 2. The summed E-state index contributed by atoms with van der Waals surface area (Å²) in [5.41, 5.74) is 2.47. The molecule has 0 aromatic heterocycles. The van der Waals surface area contributed by atoms with Gasteiger partial charge in [0.15, 0.2) is 0 Å². The van der Waals surface area contributed by atoms with Crippen molar-refractivity contribution in [1.29, 1.82) is 0 Å². The van der Waals surface area contributed by atoms with Crippen LogP contribution < -0.4 is 10.2 Å². The third-order valence-electron chi connectivity index (χ3n) is 3.53. The minimum atomic E-state index is -0.544. The van der Waals surface area contributed by atoms with E-state index < -0.39 is 5.97 Å². The highest BCUT2D eigenvalue weighted by Crippen LogP contribution is 2.11. The summed E-state index contributed by atoms with van der Waals surface area (Å²) >= 11 is 0. The molecule has 1 amide bonds. The number of amides is 1. The fraction of sp³-hybridized carbons (Fsp3) is 0.200. The average Bonchev–Trinajstić information content (AvgIpc) is 2.64. The maximum atomic E-state index is 12.2. The normalized spacial score (nSPS) is 9.56. The molecule has 0 aliphatic carbocycles. The minimum Gasteiger partial charge on any atom is -0.465 e. The number of nitrogens with one attached hydrogen (secondary N) is 1. The molecular formula is C20H20N2O3. The Morgan fingerprint density at radius 3 is 2.28 bits per heavy atom. The molecule has 0 aliphatic rings. The minimum absolute atomic E-state index is 0.184. The number of hydrogen-bond acceptors (Lipinski definition) is 4. The van der Waals surface area contributed by atoms with E-state index in [0.717, 1.165) is 11.3 Å². The first-order valence-corrected chi connectivity index (χ1v) is 7.74. The second kappa shape index (κ2) is 8.55. The molecular weight excluding hydrogens is 316 g/mol. The van der Waals surface area contributed by atoms with Gasteiger partial charge in [-0.3, -0.25) is 4.79 Å². The van der Waals surface area contributed by atoms with Crippen molar-refractivity contribution >= 4 is 17.6 Å². The first kappa shape index (κ1) is 18.1. The van der Waals surface area contributed by atoms with E-state index in [1.165, 1.54) is 7.11 Å². The largest absolute Gasteiger partial charge is 0.465 e. The topological polar surface area (TPSA) is 58.6 Å². The summed E-state index contributed by atoms with van der Waals surface area (Å²) in [6.45, 7) is 0.184. The molecule has 2 rings (SSSR count). The Morgan fingerprint density at radius 2 is 1.68 bits per heavy atom. The van der Waals surface area contributed by atoms with Gasteiger partial charge in [0.2, 0.25) is 0 Å². The molecule has 0 bridgehead atoms. The van der Waals surface area contributed by atoms with Crippen molar-refractivity contribution in [3.63, 3.8) is 0 Å². The van der Waals surface area contributed by atoms with Gasteiger partial charge in [-0.1, -0.05) is 24.0 Å². The van der Waals surface area contributed by atoms with Crippen molar-refractivity contribution in [2.45, 2.75) is 0 Å². The van der Waals surface area contributed by atoms with E-state index in [2.05, 4.69) is 21.9 Å². The van der Waals surface area contributed by atoms with E-state index in [4.69, 9.17) is 0 Å². The zero-order valence-electron chi connectivity index (χ0n) is 14.5. The van der Waals surface area contributed by atoms with Crippen LogP contribution in [0.4, 0.5) is 5.69 Å². The summed E-state index contributed by atoms with van der Waals surface area (Å²) in [7, 11) is 5.23. The molecule has 0 spiro atoms. The molecule has 5 heteroatoms. The first-order valence-electron chi connectivity index (χ1n) is 7.74. The predicted molar refractivity (Wildman–Crippen MR) is 97.8 cm³/mol. The van der Waals surface area contributed by atoms with Crippen molar-refractivity contribution in [3.05, 3.63) is 65.2 Å². The Hall–Kier alpha value is -3.26. The maximum absolute atomic E-state index is 12.2. The molecule has 1 N–H and O–H groups in total. The van der Waals surface area contributed by atoms with Crippen LogP contribution in [0, 0.1) is 11.8 Å². The first-order chi connectivity index (χ1) is 12.0. The Morgan fingerprint density at radius 1 is 1.04 bits per heavy atom. The molecule has 2 aromatic carbocycles. The number of anilines is 1. The predicted octanol–water partition coefficient (Wildman–Crippen LogP) is 2.32. The number of ether oxygens (including phenoxy) is 1. The van der Waals surface area contributed by atoms with Crippen LogP contribution in [0.25, 0.3) is 0 Å². The third-order valence-corrected chi connectivity index (χ3v) is 3.53. The van der Waals surface area contributed by atoms with Crippen LogP contribution in [0.2, 0.25) is 0 Å². The Kier molecular flexibility index (Phi) is 6.19. The van der Waals surface area contributed by atoms with Gasteiger partial charge < -0.3 is 15.0 Å². The summed E-state index contributed by atoms with van der Waals surface area (Å²) in [5.74, 6) is 4.99.